The Morgan fingerprint density at radius 3 is 2.58 bits per heavy atom. The number of hydrogen-bond acceptors (Lipinski definition) is 6. The molecule has 2 heterocycles. The molecule has 0 bridgehead atoms. The number of amides is 1. The second kappa shape index (κ2) is 9.30. The zero-order valence-corrected chi connectivity index (χ0v) is 20.5. The van der Waals surface area contributed by atoms with Crippen molar-refractivity contribution in [1.82, 2.24) is 14.5 Å². The minimum Gasteiger partial charge on any atom is -0.341 e. The molecule has 1 amide bonds. The van der Waals surface area contributed by atoms with E-state index in [1.54, 1.807) is 23.7 Å². The minimum absolute atomic E-state index is 0.000598. The summed E-state index contributed by atoms with van der Waals surface area (Å²) in [5, 5.41) is 0.951. The normalized spacial score (nSPS) is 17.5. The summed E-state index contributed by atoms with van der Waals surface area (Å²) < 4.78 is 25.2. The number of fused-ring (bicyclic) bond motifs is 1. The third kappa shape index (κ3) is 4.84. The van der Waals surface area contributed by atoms with E-state index in [0.717, 1.165) is 11.3 Å². The van der Waals surface area contributed by atoms with Gasteiger partial charge in [0.1, 0.15) is 0 Å². The molecule has 1 aliphatic rings. The lowest BCUT2D eigenvalue weighted by atomic mass is 10.0. The van der Waals surface area contributed by atoms with Gasteiger partial charge < -0.3 is 4.90 Å². The van der Waals surface area contributed by atoms with Crippen LogP contribution < -0.4 is 5.56 Å². The van der Waals surface area contributed by atoms with Crippen LogP contribution >= 0.6 is 11.8 Å². The summed E-state index contributed by atoms with van der Waals surface area (Å²) in [6, 6.07) is 14.6. The molecule has 0 N–H and O–H groups in total. The molecule has 9 heteroatoms. The Kier molecular flexibility index (Phi) is 6.63. The molecular weight excluding hydrogens is 458 g/mol. The number of rotatable bonds is 6. The molecule has 1 atom stereocenters. The number of carbonyl (C=O) groups excluding carboxylic acids is 1. The maximum Gasteiger partial charge on any atom is 0.266 e. The van der Waals surface area contributed by atoms with Crippen LogP contribution in [-0.2, 0) is 14.6 Å². The van der Waals surface area contributed by atoms with E-state index in [0.29, 0.717) is 22.5 Å². The standard InChI is InChI=1S/C24H27N3O4S2/c1-16(2)18-8-5-7-11-21(18)27-23(29)19-9-4-6-10-20(19)25-24(27)32-14-22(28)26(3)17-12-13-33(30,31)15-17/h4-11,16-17H,12-15H2,1-3H3. The monoisotopic (exact) mass is 485 g/mol. The van der Waals surface area contributed by atoms with E-state index >= 15 is 0 Å². The van der Waals surface area contributed by atoms with Crippen molar-refractivity contribution in [3.05, 3.63) is 64.4 Å². The summed E-state index contributed by atoms with van der Waals surface area (Å²) in [6.45, 7) is 4.14. The van der Waals surface area contributed by atoms with Crippen molar-refractivity contribution < 1.29 is 13.2 Å². The van der Waals surface area contributed by atoms with Gasteiger partial charge >= 0.3 is 0 Å². The molecule has 4 rings (SSSR count). The lowest BCUT2D eigenvalue weighted by molar-refractivity contribution is -0.128. The molecule has 3 aromatic rings. The molecule has 1 aliphatic heterocycles. The molecule has 1 aromatic heterocycles. The fraction of sp³-hybridized carbons (Fsp3) is 0.375. The van der Waals surface area contributed by atoms with Crippen LogP contribution in [0.25, 0.3) is 16.6 Å². The van der Waals surface area contributed by atoms with E-state index in [2.05, 4.69) is 13.8 Å². The van der Waals surface area contributed by atoms with E-state index in [1.807, 2.05) is 36.4 Å². The summed E-state index contributed by atoms with van der Waals surface area (Å²) in [4.78, 5) is 32.7. The first-order valence-corrected chi connectivity index (χ1v) is 13.7. The van der Waals surface area contributed by atoms with Crippen molar-refractivity contribution in [3.8, 4) is 5.69 Å². The van der Waals surface area contributed by atoms with Crippen LogP contribution in [0.1, 0.15) is 31.7 Å². The second-order valence-electron chi connectivity index (χ2n) is 8.62. The van der Waals surface area contributed by atoms with Gasteiger partial charge in [-0.3, -0.25) is 14.2 Å². The van der Waals surface area contributed by atoms with Gasteiger partial charge in [-0.05, 0) is 36.1 Å². The van der Waals surface area contributed by atoms with Crippen molar-refractivity contribution in [2.75, 3.05) is 24.3 Å². The van der Waals surface area contributed by atoms with Gasteiger partial charge in [-0.1, -0.05) is 55.9 Å². The highest BCUT2D eigenvalue weighted by Gasteiger charge is 2.32. The van der Waals surface area contributed by atoms with Crippen LogP contribution in [0.3, 0.4) is 0 Å². The van der Waals surface area contributed by atoms with Crippen molar-refractivity contribution in [3.63, 3.8) is 0 Å². The highest BCUT2D eigenvalue weighted by molar-refractivity contribution is 7.99. The molecule has 1 unspecified atom stereocenters. The molecule has 1 fully saturated rings. The summed E-state index contributed by atoms with van der Waals surface area (Å²) in [6.07, 6.45) is 0.454. The number of sulfone groups is 1. The molecule has 33 heavy (non-hydrogen) atoms. The van der Waals surface area contributed by atoms with Crippen LogP contribution in [0.15, 0.2) is 58.5 Å². The van der Waals surface area contributed by atoms with Gasteiger partial charge in [0.05, 0.1) is 33.8 Å². The van der Waals surface area contributed by atoms with E-state index in [-0.39, 0.29) is 40.7 Å². The third-order valence-electron chi connectivity index (χ3n) is 6.02. The Morgan fingerprint density at radius 1 is 1.18 bits per heavy atom. The van der Waals surface area contributed by atoms with Crippen molar-refractivity contribution >= 4 is 38.4 Å². The maximum absolute atomic E-state index is 13.5. The highest BCUT2D eigenvalue weighted by Crippen LogP contribution is 2.27. The fourth-order valence-electron chi connectivity index (χ4n) is 4.11. The van der Waals surface area contributed by atoms with E-state index in [9.17, 15) is 18.0 Å². The molecule has 0 radical (unpaired) electrons. The topological polar surface area (TPSA) is 89.3 Å². The van der Waals surface area contributed by atoms with Gasteiger partial charge in [-0.25, -0.2) is 13.4 Å². The molecule has 0 saturated carbocycles. The van der Waals surface area contributed by atoms with Crippen LogP contribution in [0.5, 0.6) is 0 Å². The lowest BCUT2D eigenvalue weighted by Crippen LogP contribution is -2.39. The number of para-hydroxylation sites is 2. The number of thioether (sulfide) groups is 1. The first-order chi connectivity index (χ1) is 15.7. The zero-order chi connectivity index (χ0) is 23.8. The Morgan fingerprint density at radius 2 is 1.88 bits per heavy atom. The first-order valence-electron chi connectivity index (χ1n) is 10.9. The smallest absolute Gasteiger partial charge is 0.266 e. The molecule has 1 saturated heterocycles. The van der Waals surface area contributed by atoms with Gasteiger partial charge in [0.2, 0.25) is 5.91 Å². The number of nitrogens with zero attached hydrogens (tertiary/aromatic N) is 3. The summed E-state index contributed by atoms with van der Waals surface area (Å²) in [5.74, 6) is 0.172. The van der Waals surface area contributed by atoms with Crippen molar-refractivity contribution in [1.29, 1.82) is 0 Å². The number of benzene rings is 2. The van der Waals surface area contributed by atoms with Crippen LogP contribution in [0.4, 0.5) is 0 Å². The van der Waals surface area contributed by atoms with E-state index in [4.69, 9.17) is 4.98 Å². The van der Waals surface area contributed by atoms with E-state index in [1.165, 1.54) is 16.7 Å². The number of carbonyl (C=O) groups is 1. The van der Waals surface area contributed by atoms with Crippen LogP contribution in [-0.4, -0.2) is 59.1 Å². The van der Waals surface area contributed by atoms with E-state index < -0.39 is 9.84 Å². The summed E-state index contributed by atoms with van der Waals surface area (Å²) in [7, 11) is -1.44. The van der Waals surface area contributed by atoms with Gasteiger partial charge in [0.25, 0.3) is 5.56 Å². The van der Waals surface area contributed by atoms with Crippen LogP contribution in [0.2, 0.25) is 0 Å². The average Bonchev–Trinajstić information content (AvgIpc) is 3.16. The zero-order valence-electron chi connectivity index (χ0n) is 18.9. The van der Waals surface area contributed by atoms with Crippen molar-refractivity contribution in [2.45, 2.75) is 37.4 Å². The lowest BCUT2D eigenvalue weighted by Gasteiger charge is -2.23. The summed E-state index contributed by atoms with van der Waals surface area (Å²) in [5.41, 5.74) is 2.16. The Labute approximate surface area is 197 Å². The maximum atomic E-state index is 13.5. The Hall–Kier alpha value is -2.65. The molecular formula is C24H27N3O4S2. The number of aromatic nitrogens is 2. The molecule has 7 nitrogen and oxygen atoms in total. The Balaban J connectivity index is 1.71. The Bertz CT molecular complexity index is 1370. The van der Waals surface area contributed by atoms with Gasteiger partial charge in [0, 0.05) is 13.1 Å². The third-order valence-corrected chi connectivity index (χ3v) is 8.69. The summed E-state index contributed by atoms with van der Waals surface area (Å²) >= 11 is 1.20. The average molecular weight is 486 g/mol. The van der Waals surface area contributed by atoms with Gasteiger partial charge in [0.15, 0.2) is 15.0 Å². The number of hydrogen-bond donors (Lipinski definition) is 0. The predicted octanol–water partition coefficient (Wildman–Crippen LogP) is 3.25. The SMILES string of the molecule is CC(C)c1ccccc1-n1c(SCC(=O)N(C)C2CCS(=O)(=O)C2)nc2ccccc2c1=O. The quantitative estimate of drug-likeness (QED) is 0.393. The van der Waals surface area contributed by atoms with Crippen LogP contribution in [0, 0.1) is 0 Å². The minimum atomic E-state index is -3.09. The highest BCUT2D eigenvalue weighted by atomic mass is 32.2. The van der Waals surface area contributed by atoms with Gasteiger partial charge in [-0.2, -0.15) is 0 Å². The molecule has 2 aromatic carbocycles. The predicted molar refractivity (Wildman–Crippen MR) is 132 cm³/mol. The molecule has 0 aliphatic carbocycles. The first kappa shape index (κ1) is 23.5. The molecule has 174 valence electrons. The molecule has 0 spiro atoms. The van der Waals surface area contributed by atoms with Crippen molar-refractivity contribution in [2.24, 2.45) is 0 Å². The second-order valence-corrected chi connectivity index (χ2v) is 11.8. The van der Waals surface area contributed by atoms with Gasteiger partial charge in [-0.15, -0.1) is 0 Å². The fourth-order valence-corrected chi connectivity index (χ4v) is 6.82. The largest absolute Gasteiger partial charge is 0.341 e.